The van der Waals surface area contributed by atoms with Crippen molar-refractivity contribution in [2.75, 3.05) is 7.11 Å². The topological polar surface area (TPSA) is 58.9 Å². The van der Waals surface area contributed by atoms with Gasteiger partial charge < -0.3 is 9.94 Å². The van der Waals surface area contributed by atoms with E-state index in [4.69, 9.17) is 4.84 Å². The van der Waals surface area contributed by atoms with Crippen LogP contribution in [0.4, 0.5) is 0 Å². The molecule has 0 radical (unpaired) electrons. The summed E-state index contributed by atoms with van der Waals surface area (Å²) in [5.41, 5.74) is 5.08. The molecule has 0 heterocycles. The van der Waals surface area contributed by atoms with Crippen molar-refractivity contribution in [3.63, 3.8) is 0 Å². The van der Waals surface area contributed by atoms with Crippen LogP contribution in [0, 0.1) is 24.7 Å². The summed E-state index contributed by atoms with van der Waals surface area (Å²) in [4.78, 5) is 17.9. The molecule has 1 fully saturated rings. The molecule has 3 rings (SSSR count). The van der Waals surface area contributed by atoms with Gasteiger partial charge in [-0.05, 0) is 55.2 Å². The Balaban J connectivity index is 2.04. The van der Waals surface area contributed by atoms with Gasteiger partial charge in [0, 0.05) is 18.1 Å². The van der Waals surface area contributed by atoms with E-state index in [1.807, 2.05) is 0 Å². The Labute approximate surface area is 149 Å². The minimum Gasteiger partial charge on any atom is -0.511 e. The van der Waals surface area contributed by atoms with Crippen LogP contribution in [0.3, 0.4) is 0 Å². The molecule has 2 aliphatic carbocycles. The molecular formula is C21H27NO3. The van der Waals surface area contributed by atoms with E-state index < -0.39 is 0 Å². The number of carbonyl (C=O) groups excluding carboxylic acids is 1. The number of oxime groups is 1. The van der Waals surface area contributed by atoms with Gasteiger partial charge in [0.1, 0.15) is 12.9 Å². The second-order valence-electron chi connectivity index (χ2n) is 7.17. The summed E-state index contributed by atoms with van der Waals surface area (Å²) in [7, 11) is 1.52. The number of Topliss-reactive ketones (excluding diaryl/α,β-unsaturated/α-hetero) is 1. The van der Waals surface area contributed by atoms with Gasteiger partial charge in [0.05, 0.1) is 5.57 Å². The van der Waals surface area contributed by atoms with Crippen LogP contribution in [0.15, 0.2) is 23.0 Å². The van der Waals surface area contributed by atoms with Crippen molar-refractivity contribution in [2.24, 2.45) is 22.9 Å². The number of benzene rings is 1. The number of aryl methyl sites for hydroxylation is 3. The summed E-state index contributed by atoms with van der Waals surface area (Å²) >= 11 is 0. The van der Waals surface area contributed by atoms with Gasteiger partial charge in [-0.2, -0.15) is 0 Å². The van der Waals surface area contributed by atoms with E-state index in [9.17, 15) is 9.90 Å². The predicted molar refractivity (Wildman–Crippen MR) is 99.7 cm³/mol. The first kappa shape index (κ1) is 17.7. The number of carbonyl (C=O) groups is 1. The summed E-state index contributed by atoms with van der Waals surface area (Å²) in [6.45, 7) is 6.29. The maximum Gasteiger partial charge on any atom is 0.170 e. The van der Waals surface area contributed by atoms with Crippen LogP contribution in [-0.2, 0) is 22.5 Å². The van der Waals surface area contributed by atoms with Crippen molar-refractivity contribution in [1.29, 1.82) is 0 Å². The van der Waals surface area contributed by atoms with Crippen LogP contribution in [0.2, 0.25) is 0 Å². The number of hydrogen-bond donors (Lipinski definition) is 1. The molecule has 0 saturated heterocycles. The van der Waals surface area contributed by atoms with E-state index in [1.54, 1.807) is 6.21 Å². The first-order chi connectivity index (χ1) is 12.0. The second kappa shape index (κ2) is 7.03. The Morgan fingerprint density at radius 2 is 1.80 bits per heavy atom. The molecule has 4 nitrogen and oxygen atoms in total. The third kappa shape index (κ3) is 2.99. The number of aliphatic hydroxyl groups is 1. The highest BCUT2D eigenvalue weighted by molar-refractivity contribution is 6.25. The number of fused-ring (bicyclic) bond motifs is 1. The highest BCUT2D eigenvalue weighted by Crippen LogP contribution is 2.50. The van der Waals surface area contributed by atoms with Gasteiger partial charge in [-0.3, -0.25) is 4.79 Å². The fourth-order valence-electron chi connectivity index (χ4n) is 4.51. The molecule has 2 aliphatic rings. The molecule has 1 aromatic carbocycles. The average molecular weight is 341 g/mol. The fraction of sp³-hybridized carbons (Fsp3) is 0.524. The smallest absolute Gasteiger partial charge is 0.170 e. The van der Waals surface area contributed by atoms with Crippen LogP contribution < -0.4 is 0 Å². The van der Waals surface area contributed by atoms with Crippen LogP contribution in [0.5, 0.6) is 0 Å². The fourth-order valence-corrected chi connectivity index (χ4v) is 4.51. The average Bonchev–Trinajstić information content (AvgIpc) is 3.12. The molecule has 25 heavy (non-hydrogen) atoms. The van der Waals surface area contributed by atoms with E-state index in [0.29, 0.717) is 5.57 Å². The van der Waals surface area contributed by atoms with Crippen LogP contribution in [-0.4, -0.2) is 24.2 Å². The van der Waals surface area contributed by atoms with E-state index in [1.165, 1.54) is 12.7 Å². The van der Waals surface area contributed by atoms with Crippen molar-refractivity contribution in [2.45, 2.75) is 46.5 Å². The largest absolute Gasteiger partial charge is 0.511 e. The van der Waals surface area contributed by atoms with Crippen molar-refractivity contribution < 1.29 is 14.7 Å². The SMILES string of the molecule is CCc1cc(C)cc(CC)c1C1=C(O)C2CC(C=NOC)CC2C1=O. The molecule has 0 aliphatic heterocycles. The Hall–Kier alpha value is -2.10. The summed E-state index contributed by atoms with van der Waals surface area (Å²) < 4.78 is 0. The van der Waals surface area contributed by atoms with Crippen molar-refractivity contribution in [1.82, 2.24) is 0 Å². The van der Waals surface area contributed by atoms with E-state index in [0.717, 1.165) is 42.4 Å². The van der Waals surface area contributed by atoms with Crippen molar-refractivity contribution >= 4 is 17.6 Å². The number of rotatable bonds is 5. The number of nitrogens with zero attached hydrogens (tertiary/aromatic N) is 1. The van der Waals surface area contributed by atoms with Crippen molar-refractivity contribution in [3.8, 4) is 0 Å². The third-order valence-electron chi connectivity index (χ3n) is 5.62. The third-order valence-corrected chi connectivity index (χ3v) is 5.62. The summed E-state index contributed by atoms with van der Waals surface area (Å²) in [5, 5.41) is 14.8. The Kier molecular flexibility index (Phi) is 4.98. The van der Waals surface area contributed by atoms with Gasteiger partial charge in [-0.15, -0.1) is 0 Å². The zero-order valence-electron chi connectivity index (χ0n) is 15.5. The molecule has 1 N–H and O–H groups in total. The lowest BCUT2D eigenvalue weighted by Crippen LogP contribution is -2.13. The summed E-state index contributed by atoms with van der Waals surface area (Å²) in [6.07, 6.45) is 4.96. The normalized spacial score (nSPS) is 25.9. The number of ketones is 1. The predicted octanol–water partition coefficient (Wildman–Crippen LogP) is 4.25. The van der Waals surface area contributed by atoms with Gasteiger partial charge in [0.15, 0.2) is 5.78 Å². The van der Waals surface area contributed by atoms with Crippen molar-refractivity contribution in [3.05, 3.63) is 40.1 Å². The number of aliphatic hydroxyl groups excluding tert-OH is 1. The first-order valence-corrected chi connectivity index (χ1v) is 9.18. The molecule has 4 heteroatoms. The summed E-state index contributed by atoms with van der Waals surface area (Å²) in [5.74, 6) is 0.378. The van der Waals surface area contributed by atoms with Crippen LogP contribution >= 0.6 is 0 Å². The molecule has 3 atom stereocenters. The first-order valence-electron chi connectivity index (χ1n) is 9.18. The quantitative estimate of drug-likeness (QED) is 0.643. The Morgan fingerprint density at radius 3 is 2.32 bits per heavy atom. The standard InChI is InChI=1S/C21H27NO3/c1-5-14-7-12(3)8-15(6-2)18(14)19-20(23)16-9-13(11-22-25-4)10-17(16)21(19)24/h7-8,11,13,16-17,23H,5-6,9-10H2,1-4H3. The van der Waals surface area contributed by atoms with E-state index in [2.05, 4.69) is 38.1 Å². The van der Waals surface area contributed by atoms with Gasteiger partial charge in [-0.25, -0.2) is 0 Å². The van der Waals surface area contributed by atoms with Gasteiger partial charge in [-0.1, -0.05) is 36.7 Å². The van der Waals surface area contributed by atoms with Gasteiger partial charge in [0.2, 0.25) is 0 Å². The maximum absolute atomic E-state index is 13.1. The molecule has 1 saturated carbocycles. The van der Waals surface area contributed by atoms with E-state index in [-0.39, 0.29) is 29.3 Å². The second-order valence-corrected chi connectivity index (χ2v) is 7.17. The Bertz CT molecular complexity index is 723. The number of allylic oxidation sites excluding steroid dienone is 2. The zero-order chi connectivity index (χ0) is 18.1. The zero-order valence-corrected chi connectivity index (χ0v) is 15.5. The lowest BCUT2D eigenvalue weighted by Gasteiger charge is -2.17. The minimum absolute atomic E-state index is 0.0773. The molecule has 0 bridgehead atoms. The summed E-state index contributed by atoms with van der Waals surface area (Å²) in [6, 6.07) is 4.29. The molecule has 134 valence electrons. The molecular weight excluding hydrogens is 314 g/mol. The molecule has 1 aromatic rings. The highest BCUT2D eigenvalue weighted by Gasteiger charge is 2.48. The monoisotopic (exact) mass is 341 g/mol. The van der Waals surface area contributed by atoms with Gasteiger partial charge >= 0.3 is 0 Å². The highest BCUT2D eigenvalue weighted by atomic mass is 16.6. The molecule has 3 unspecified atom stereocenters. The molecule has 0 spiro atoms. The lowest BCUT2D eigenvalue weighted by atomic mass is 9.87. The van der Waals surface area contributed by atoms with Crippen LogP contribution in [0.1, 0.15) is 48.9 Å². The molecule has 0 amide bonds. The Morgan fingerprint density at radius 1 is 1.20 bits per heavy atom. The maximum atomic E-state index is 13.1. The lowest BCUT2D eigenvalue weighted by molar-refractivity contribution is -0.117. The van der Waals surface area contributed by atoms with Crippen LogP contribution in [0.25, 0.3) is 5.57 Å². The van der Waals surface area contributed by atoms with Gasteiger partial charge in [0.25, 0.3) is 0 Å². The molecule has 0 aromatic heterocycles. The van der Waals surface area contributed by atoms with E-state index >= 15 is 0 Å². The minimum atomic E-state index is -0.126. The number of hydrogen-bond acceptors (Lipinski definition) is 4.